The second kappa shape index (κ2) is 6.26. The van der Waals surface area contributed by atoms with Crippen LogP contribution in [0.4, 0.5) is 0 Å². The maximum Gasteiger partial charge on any atom is 0.332 e. The van der Waals surface area contributed by atoms with E-state index >= 15 is 0 Å². The van der Waals surface area contributed by atoms with Gasteiger partial charge in [-0.2, -0.15) is 0 Å². The highest BCUT2D eigenvalue weighted by atomic mass is 35.5. The van der Waals surface area contributed by atoms with E-state index < -0.39 is 18.2 Å². The molecule has 1 aliphatic heterocycles. The zero-order chi connectivity index (χ0) is 15.7. The van der Waals surface area contributed by atoms with Gasteiger partial charge in [0.25, 0.3) is 5.91 Å². The average Bonchev–Trinajstić information content (AvgIpc) is 3.21. The Kier molecular flexibility index (Phi) is 4.36. The maximum atomic E-state index is 12.6. The molecule has 6 heteroatoms. The van der Waals surface area contributed by atoms with E-state index in [4.69, 9.17) is 21.4 Å². The van der Waals surface area contributed by atoms with Crippen molar-refractivity contribution in [1.82, 2.24) is 4.90 Å². The molecule has 1 aromatic rings. The van der Waals surface area contributed by atoms with Gasteiger partial charge in [-0.15, -0.1) is 0 Å². The number of hydrogen-bond donors (Lipinski definition) is 1. The average molecular weight is 324 g/mol. The Morgan fingerprint density at radius 2 is 1.77 bits per heavy atom. The highest BCUT2D eigenvalue weighted by Gasteiger charge is 2.41. The fraction of sp³-hybridized carbons (Fsp3) is 0.500. The maximum absolute atomic E-state index is 12.6. The van der Waals surface area contributed by atoms with E-state index in [1.807, 2.05) is 17.0 Å². The predicted octanol–water partition coefficient (Wildman–Crippen LogP) is 2.46. The lowest BCUT2D eigenvalue weighted by Gasteiger charge is -2.25. The summed E-state index contributed by atoms with van der Waals surface area (Å²) in [5.41, 5.74) is 1.01. The number of aliphatic carboxylic acids is 1. The second-order valence-corrected chi connectivity index (χ2v) is 6.29. The smallest absolute Gasteiger partial charge is 0.332 e. The minimum atomic E-state index is -0.994. The third-order valence-corrected chi connectivity index (χ3v) is 4.36. The summed E-state index contributed by atoms with van der Waals surface area (Å²) in [6.07, 6.45) is 1.37. The van der Waals surface area contributed by atoms with Crippen molar-refractivity contribution in [3.63, 3.8) is 0 Å². The third-order valence-electron chi connectivity index (χ3n) is 4.11. The number of nitrogens with zero attached hydrogens (tertiary/aromatic N) is 1. The first-order valence-electron chi connectivity index (χ1n) is 7.48. The minimum Gasteiger partial charge on any atom is -0.479 e. The molecule has 1 saturated heterocycles. The number of hydrogen-bond acceptors (Lipinski definition) is 3. The van der Waals surface area contributed by atoms with Crippen LogP contribution >= 0.6 is 11.6 Å². The quantitative estimate of drug-likeness (QED) is 0.904. The zero-order valence-electron chi connectivity index (χ0n) is 12.1. The number of rotatable bonds is 5. The van der Waals surface area contributed by atoms with Crippen LogP contribution in [-0.2, 0) is 20.9 Å². The Morgan fingerprint density at radius 3 is 2.32 bits per heavy atom. The zero-order valence-corrected chi connectivity index (χ0v) is 12.8. The SMILES string of the molecule is O=C(O)[C@H]1CC[C@@H](C(=O)N(Cc2ccc(Cl)cc2)C2CC2)O1. The molecule has 0 bridgehead atoms. The van der Waals surface area contributed by atoms with Gasteiger partial charge in [-0.3, -0.25) is 4.79 Å². The fourth-order valence-corrected chi connectivity index (χ4v) is 2.87. The van der Waals surface area contributed by atoms with Crippen molar-refractivity contribution in [2.45, 2.75) is 50.5 Å². The molecule has 0 radical (unpaired) electrons. The van der Waals surface area contributed by atoms with Crippen LogP contribution in [0.2, 0.25) is 5.02 Å². The molecule has 0 spiro atoms. The lowest BCUT2D eigenvalue weighted by atomic mass is 10.1. The van der Waals surface area contributed by atoms with Crippen molar-refractivity contribution in [1.29, 1.82) is 0 Å². The number of halogens is 1. The van der Waals surface area contributed by atoms with Crippen LogP contribution in [0.1, 0.15) is 31.2 Å². The summed E-state index contributed by atoms with van der Waals surface area (Å²) in [4.78, 5) is 25.4. The van der Waals surface area contributed by atoms with Gasteiger partial charge in [0.1, 0.15) is 6.10 Å². The van der Waals surface area contributed by atoms with Crippen molar-refractivity contribution in [3.05, 3.63) is 34.9 Å². The van der Waals surface area contributed by atoms with Gasteiger partial charge in [0.05, 0.1) is 0 Å². The van der Waals surface area contributed by atoms with Crippen molar-refractivity contribution >= 4 is 23.5 Å². The number of amides is 1. The normalized spacial score (nSPS) is 24.2. The summed E-state index contributed by atoms with van der Waals surface area (Å²) in [7, 11) is 0. The first-order valence-corrected chi connectivity index (χ1v) is 7.85. The molecular weight excluding hydrogens is 306 g/mol. The molecule has 1 heterocycles. The molecule has 22 heavy (non-hydrogen) atoms. The van der Waals surface area contributed by atoms with Crippen LogP contribution in [0.3, 0.4) is 0 Å². The van der Waals surface area contributed by atoms with Gasteiger partial charge in [-0.1, -0.05) is 23.7 Å². The minimum absolute atomic E-state index is 0.0961. The molecular formula is C16H18ClNO4. The van der Waals surface area contributed by atoms with Gasteiger partial charge in [-0.25, -0.2) is 4.79 Å². The molecule has 5 nitrogen and oxygen atoms in total. The lowest BCUT2D eigenvalue weighted by molar-refractivity contribution is -0.155. The number of carboxylic acids is 1. The van der Waals surface area contributed by atoms with E-state index in [9.17, 15) is 9.59 Å². The third kappa shape index (κ3) is 3.42. The summed E-state index contributed by atoms with van der Waals surface area (Å²) in [5, 5.41) is 9.64. The van der Waals surface area contributed by atoms with Crippen molar-refractivity contribution in [2.75, 3.05) is 0 Å². The van der Waals surface area contributed by atoms with E-state index in [2.05, 4.69) is 0 Å². The first kappa shape index (κ1) is 15.3. The molecule has 1 aromatic carbocycles. The summed E-state index contributed by atoms with van der Waals surface area (Å²) in [6.45, 7) is 0.512. The monoisotopic (exact) mass is 323 g/mol. The van der Waals surface area contributed by atoms with Crippen LogP contribution in [0.15, 0.2) is 24.3 Å². The molecule has 1 aliphatic carbocycles. The van der Waals surface area contributed by atoms with E-state index in [1.165, 1.54) is 0 Å². The molecule has 3 rings (SSSR count). The molecule has 1 amide bonds. The molecule has 0 unspecified atom stereocenters. The van der Waals surface area contributed by atoms with Gasteiger partial charge in [0, 0.05) is 17.6 Å². The molecule has 2 fully saturated rings. The van der Waals surface area contributed by atoms with Crippen molar-refractivity contribution in [2.24, 2.45) is 0 Å². The summed E-state index contributed by atoms with van der Waals surface area (Å²) in [5.74, 6) is -1.09. The Morgan fingerprint density at radius 1 is 1.14 bits per heavy atom. The topological polar surface area (TPSA) is 66.8 Å². The lowest BCUT2D eigenvalue weighted by Crippen LogP contribution is -2.40. The van der Waals surface area contributed by atoms with E-state index in [0.717, 1.165) is 18.4 Å². The van der Waals surface area contributed by atoms with Gasteiger partial charge < -0.3 is 14.7 Å². The largest absolute Gasteiger partial charge is 0.479 e. The highest BCUT2D eigenvalue weighted by molar-refractivity contribution is 6.30. The highest BCUT2D eigenvalue weighted by Crippen LogP contribution is 2.31. The van der Waals surface area contributed by atoms with Crippen LogP contribution < -0.4 is 0 Å². The molecule has 1 N–H and O–H groups in total. The van der Waals surface area contributed by atoms with Gasteiger partial charge in [-0.05, 0) is 43.4 Å². The van der Waals surface area contributed by atoms with E-state index in [-0.39, 0.29) is 11.9 Å². The Bertz CT molecular complexity index is 570. The summed E-state index contributed by atoms with van der Waals surface area (Å²) >= 11 is 5.88. The molecule has 0 aromatic heterocycles. The van der Waals surface area contributed by atoms with Gasteiger partial charge >= 0.3 is 5.97 Å². The number of ether oxygens (including phenoxy) is 1. The molecule has 118 valence electrons. The Hall–Kier alpha value is -1.59. The number of carboxylic acid groups (broad SMARTS) is 1. The van der Waals surface area contributed by atoms with Crippen molar-refractivity contribution in [3.8, 4) is 0 Å². The second-order valence-electron chi connectivity index (χ2n) is 5.85. The van der Waals surface area contributed by atoms with E-state index in [0.29, 0.717) is 24.4 Å². The van der Waals surface area contributed by atoms with Gasteiger partial charge in [0.15, 0.2) is 6.10 Å². The number of benzene rings is 1. The van der Waals surface area contributed by atoms with Gasteiger partial charge in [0.2, 0.25) is 0 Å². The first-order chi connectivity index (χ1) is 10.5. The standard InChI is InChI=1S/C16H18ClNO4/c17-11-3-1-10(2-4-11)9-18(12-5-6-12)15(19)13-7-8-14(22-13)16(20)21/h1-4,12-14H,5-9H2,(H,20,21)/t13-,14+/m0/s1. The van der Waals surface area contributed by atoms with Crippen LogP contribution in [0, 0.1) is 0 Å². The predicted molar refractivity (Wildman–Crippen MR) is 80.6 cm³/mol. The number of carbonyl (C=O) groups excluding carboxylic acids is 1. The Balaban J connectivity index is 1.67. The van der Waals surface area contributed by atoms with E-state index in [1.54, 1.807) is 12.1 Å². The summed E-state index contributed by atoms with van der Waals surface area (Å²) in [6, 6.07) is 7.66. The summed E-state index contributed by atoms with van der Waals surface area (Å²) < 4.78 is 5.39. The Labute approximate surface area is 133 Å². The molecule has 1 saturated carbocycles. The fourth-order valence-electron chi connectivity index (χ4n) is 2.75. The van der Waals surface area contributed by atoms with Crippen molar-refractivity contribution < 1.29 is 19.4 Å². The molecule has 2 aliphatic rings. The van der Waals surface area contributed by atoms with Crippen LogP contribution in [-0.4, -0.2) is 40.1 Å². The van der Waals surface area contributed by atoms with Crippen LogP contribution in [0.5, 0.6) is 0 Å². The molecule has 2 atom stereocenters. The van der Waals surface area contributed by atoms with Crippen LogP contribution in [0.25, 0.3) is 0 Å². The number of carbonyl (C=O) groups is 2.